The zero-order valence-electron chi connectivity index (χ0n) is 28.2. The van der Waals surface area contributed by atoms with Gasteiger partial charge in [0.1, 0.15) is 0 Å². The lowest BCUT2D eigenvalue weighted by molar-refractivity contribution is 1.04. The van der Waals surface area contributed by atoms with Crippen LogP contribution in [0.5, 0.6) is 0 Å². The Hall–Kier alpha value is -6.78. The number of benzene rings is 6. The summed E-state index contributed by atoms with van der Waals surface area (Å²) in [5.74, 6) is 0.667. The Bertz CT molecular complexity index is 2660. The molecule has 0 saturated heterocycles. The van der Waals surface area contributed by atoms with Crippen molar-refractivity contribution in [1.82, 2.24) is 19.1 Å². The minimum absolute atomic E-state index is 0.667. The number of aromatic nitrogens is 4. The van der Waals surface area contributed by atoms with Crippen molar-refractivity contribution in [2.75, 3.05) is 0 Å². The van der Waals surface area contributed by atoms with E-state index in [4.69, 9.17) is 9.97 Å². The third-order valence-corrected chi connectivity index (χ3v) is 9.68. The van der Waals surface area contributed by atoms with Crippen LogP contribution in [0.3, 0.4) is 0 Å². The molecule has 3 aromatic heterocycles. The highest BCUT2D eigenvalue weighted by molar-refractivity contribution is 6.09. The van der Waals surface area contributed by atoms with Gasteiger partial charge >= 0.3 is 0 Å². The lowest BCUT2D eigenvalue weighted by atomic mass is 10.1. The summed E-state index contributed by atoms with van der Waals surface area (Å²) in [7, 11) is 0. The van der Waals surface area contributed by atoms with Crippen molar-refractivity contribution in [1.29, 1.82) is 0 Å². The molecule has 0 atom stereocenters. The lowest BCUT2D eigenvalue weighted by Gasteiger charge is -2.16. The van der Waals surface area contributed by atoms with Gasteiger partial charge in [-0.05, 0) is 49.4 Å². The maximum Gasteiger partial charge on any atom is 0.160 e. The van der Waals surface area contributed by atoms with Crippen LogP contribution in [-0.4, -0.2) is 19.1 Å². The van der Waals surface area contributed by atoms with Crippen LogP contribution in [0.25, 0.3) is 84.1 Å². The average Bonchev–Trinajstić information content (AvgIpc) is 3.68. The molecule has 0 bridgehead atoms. The number of fused-ring (bicyclic) bond motifs is 4. The zero-order valence-corrected chi connectivity index (χ0v) is 28.2. The monoisotopic (exact) mass is 654 g/mol. The third kappa shape index (κ3) is 5.25. The smallest absolute Gasteiger partial charge is 0.160 e. The normalized spacial score (nSPS) is 11.6. The van der Waals surface area contributed by atoms with Gasteiger partial charge in [0, 0.05) is 55.5 Å². The van der Waals surface area contributed by atoms with Crippen LogP contribution in [-0.2, 0) is 0 Å². The molecule has 0 N–H and O–H groups in total. The van der Waals surface area contributed by atoms with Crippen molar-refractivity contribution >= 4 is 38.8 Å². The van der Waals surface area contributed by atoms with Crippen molar-refractivity contribution < 1.29 is 0 Å². The van der Waals surface area contributed by atoms with E-state index in [1.165, 1.54) is 21.7 Å². The van der Waals surface area contributed by atoms with Crippen molar-refractivity contribution in [3.8, 4) is 45.3 Å². The Morgan fingerprint density at radius 2 is 0.961 bits per heavy atom. The maximum atomic E-state index is 5.26. The topological polar surface area (TPSA) is 35.6 Å². The van der Waals surface area contributed by atoms with E-state index in [0.717, 1.165) is 61.7 Å². The third-order valence-electron chi connectivity index (χ3n) is 9.68. The molecule has 0 fully saturated rings. The molecule has 3 heterocycles. The second-order valence-corrected chi connectivity index (χ2v) is 12.7. The fourth-order valence-corrected chi connectivity index (χ4v) is 7.37. The molecule has 4 heteroatoms. The molecule has 51 heavy (non-hydrogen) atoms. The highest BCUT2D eigenvalue weighted by atomic mass is 15.0. The van der Waals surface area contributed by atoms with E-state index in [1.54, 1.807) is 0 Å². The zero-order chi connectivity index (χ0) is 34.3. The number of rotatable bonds is 7. The highest BCUT2D eigenvalue weighted by Crippen LogP contribution is 2.37. The lowest BCUT2D eigenvalue weighted by Crippen LogP contribution is -2.03. The average molecular weight is 655 g/mol. The van der Waals surface area contributed by atoms with Crippen LogP contribution < -0.4 is 0 Å². The van der Waals surface area contributed by atoms with Gasteiger partial charge in [0.2, 0.25) is 0 Å². The Labute approximate surface area is 296 Å². The summed E-state index contributed by atoms with van der Waals surface area (Å²) in [6, 6.07) is 55.4. The number of allylic oxidation sites excluding steroid dienone is 2. The van der Waals surface area contributed by atoms with Crippen LogP contribution >= 0.6 is 0 Å². The van der Waals surface area contributed by atoms with Crippen molar-refractivity contribution in [2.45, 2.75) is 6.92 Å². The Kier molecular flexibility index (Phi) is 7.48. The van der Waals surface area contributed by atoms with Crippen LogP contribution in [0.2, 0.25) is 0 Å². The SMILES string of the molecule is C=C/C=C\c1c(C)n(-c2cc(-c3nc(-c4ccccc4)cc(-c4ccccc4)n3)cc(-n3c4ccccc4c4ccccc43)c2)c2ccccc12. The summed E-state index contributed by atoms with van der Waals surface area (Å²) < 4.78 is 4.73. The van der Waals surface area contributed by atoms with Gasteiger partial charge in [-0.2, -0.15) is 0 Å². The molecular formula is C47H34N4. The van der Waals surface area contributed by atoms with Crippen LogP contribution in [0.4, 0.5) is 0 Å². The van der Waals surface area contributed by atoms with Gasteiger partial charge in [-0.25, -0.2) is 9.97 Å². The first kappa shape index (κ1) is 30.3. The summed E-state index contributed by atoms with van der Waals surface area (Å²) in [5.41, 5.74) is 12.6. The standard InChI is InChI=1S/C47H34N4/c1-3-4-21-38-32(2)50(44-25-14-11-22-39(38)44)36-28-35(29-37(30-36)51-45-26-15-12-23-40(45)41-24-13-16-27-46(41)51)47-48-42(33-17-7-5-8-18-33)31-43(49-47)34-19-9-6-10-20-34/h3-31H,1H2,2H3/b21-4-. The summed E-state index contributed by atoms with van der Waals surface area (Å²) >= 11 is 0. The summed E-state index contributed by atoms with van der Waals surface area (Å²) in [5, 5.41) is 3.62. The predicted octanol–water partition coefficient (Wildman–Crippen LogP) is 12.0. The first-order valence-electron chi connectivity index (χ1n) is 17.2. The van der Waals surface area contributed by atoms with Crippen molar-refractivity contribution in [3.63, 3.8) is 0 Å². The second-order valence-electron chi connectivity index (χ2n) is 12.7. The van der Waals surface area contributed by atoms with E-state index in [1.807, 2.05) is 24.3 Å². The summed E-state index contributed by atoms with van der Waals surface area (Å²) in [6.07, 6.45) is 5.98. The molecule has 0 aliphatic carbocycles. The summed E-state index contributed by atoms with van der Waals surface area (Å²) in [4.78, 5) is 10.5. The molecule has 4 nitrogen and oxygen atoms in total. The molecule has 242 valence electrons. The molecule has 9 rings (SSSR count). The molecule has 0 unspecified atom stereocenters. The Morgan fingerprint density at radius 1 is 0.490 bits per heavy atom. The Balaban J connectivity index is 1.37. The molecule has 0 spiro atoms. The van der Waals surface area contributed by atoms with Crippen LogP contribution in [0.15, 0.2) is 176 Å². The minimum Gasteiger partial charge on any atom is -0.313 e. The van der Waals surface area contributed by atoms with E-state index in [2.05, 4.69) is 174 Å². The van der Waals surface area contributed by atoms with E-state index in [0.29, 0.717) is 5.82 Å². The van der Waals surface area contributed by atoms with Crippen LogP contribution in [0, 0.1) is 6.92 Å². The number of hydrogen-bond acceptors (Lipinski definition) is 2. The number of para-hydroxylation sites is 3. The fourth-order valence-electron chi connectivity index (χ4n) is 7.37. The van der Waals surface area contributed by atoms with Gasteiger partial charge in [-0.15, -0.1) is 0 Å². The van der Waals surface area contributed by atoms with Gasteiger partial charge in [0.15, 0.2) is 5.82 Å². The molecular weight excluding hydrogens is 621 g/mol. The minimum atomic E-state index is 0.667. The molecule has 0 amide bonds. The fraction of sp³-hybridized carbons (Fsp3) is 0.0213. The van der Waals surface area contributed by atoms with Gasteiger partial charge in [-0.1, -0.05) is 140 Å². The van der Waals surface area contributed by atoms with E-state index in [-0.39, 0.29) is 0 Å². The maximum absolute atomic E-state index is 5.26. The molecule has 0 saturated carbocycles. The van der Waals surface area contributed by atoms with E-state index >= 15 is 0 Å². The highest BCUT2D eigenvalue weighted by Gasteiger charge is 2.19. The largest absolute Gasteiger partial charge is 0.313 e. The summed E-state index contributed by atoms with van der Waals surface area (Å²) in [6.45, 7) is 6.12. The molecule has 0 aliphatic heterocycles. The van der Waals surface area contributed by atoms with Crippen molar-refractivity contribution in [2.24, 2.45) is 0 Å². The molecule has 0 radical (unpaired) electrons. The predicted molar refractivity (Wildman–Crippen MR) is 213 cm³/mol. The second kappa shape index (κ2) is 12.6. The quantitative estimate of drug-likeness (QED) is 0.160. The molecule has 0 aliphatic rings. The molecule has 6 aromatic carbocycles. The van der Waals surface area contributed by atoms with Crippen molar-refractivity contribution in [3.05, 3.63) is 188 Å². The van der Waals surface area contributed by atoms with E-state index < -0.39 is 0 Å². The van der Waals surface area contributed by atoms with Gasteiger partial charge < -0.3 is 9.13 Å². The van der Waals surface area contributed by atoms with Gasteiger partial charge in [0.25, 0.3) is 0 Å². The Morgan fingerprint density at radius 3 is 1.51 bits per heavy atom. The number of hydrogen-bond donors (Lipinski definition) is 0. The molecule has 9 aromatic rings. The van der Waals surface area contributed by atoms with Gasteiger partial charge in [-0.3, -0.25) is 0 Å². The first-order valence-corrected chi connectivity index (χ1v) is 17.2. The number of nitrogens with zero attached hydrogens (tertiary/aromatic N) is 4. The van der Waals surface area contributed by atoms with Crippen LogP contribution in [0.1, 0.15) is 11.3 Å². The first-order chi connectivity index (χ1) is 25.2. The van der Waals surface area contributed by atoms with Gasteiger partial charge in [0.05, 0.1) is 27.9 Å². The van der Waals surface area contributed by atoms with E-state index in [9.17, 15) is 0 Å².